The number of ketones is 1. The lowest BCUT2D eigenvalue weighted by molar-refractivity contribution is -0.117. The van der Waals surface area contributed by atoms with E-state index >= 15 is 0 Å². The summed E-state index contributed by atoms with van der Waals surface area (Å²) in [5.74, 6) is -1.02. The molecule has 0 spiro atoms. The second-order valence-electron chi connectivity index (χ2n) is 6.95. The SMILES string of the molecule is CCOC(=O)c1cc(-c2c(-c3ccccc3)nn3ccccc23)nn(CC(C)=O)c1=O. The molecular formula is C23H20N4O4. The molecule has 0 saturated carbocycles. The number of carbonyl (C=O) groups excluding carboxylic acids is 2. The highest BCUT2D eigenvalue weighted by Gasteiger charge is 2.23. The predicted molar refractivity (Wildman–Crippen MR) is 115 cm³/mol. The van der Waals surface area contributed by atoms with Crippen molar-refractivity contribution in [1.82, 2.24) is 19.4 Å². The first kappa shape index (κ1) is 20.2. The van der Waals surface area contributed by atoms with Crippen molar-refractivity contribution in [2.24, 2.45) is 0 Å². The molecule has 3 aromatic heterocycles. The average Bonchev–Trinajstić information content (AvgIpc) is 3.15. The van der Waals surface area contributed by atoms with Gasteiger partial charge in [0.15, 0.2) is 5.78 Å². The second kappa shape index (κ2) is 8.35. The minimum absolute atomic E-state index is 0.120. The molecule has 1 aromatic carbocycles. The number of hydrogen-bond donors (Lipinski definition) is 0. The number of nitrogens with zero attached hydrogens (tertiary/aromatic N) is 4. The van der Waals surface area contributed by atoms with Crippen LogP contribution >= 0.6 is 0 Å². The van der Waals surface area contributed by atoms with Crippen molar-refractivity contribution in [2.45, 2.75) is 20.4 Å². The number of aromatic nitrogens is 4. The number of Topliss-reactive ketones (excluding diaryl/α,β-unsaturated/α-hetero) is 1. The molecule has 156 valence electrons. The van der Waals surface area contributed by atoms with Crippen molar-refractivity contribution in [1.29, 1.82) is 0 Å². The Balaban J connectivity index is 2.03. The van der Waals surface area contributed by atoms with Crippen molar-refractivity contribution in [2.75, 3.05) is 6.61 Å². The summed E-state index contributed by atoms with van der Waals surface area (Å²) in [5.41, 5.74) is 2.39. The minimum Gasteiger partial charge on any atom is -0.462 e. The Kier molecular flexibility index (Phi) is 5.44. The highest BCUT2D eigenvalue weighted by molar-refractivity contribution is 5.94. The Morgan fingerprint density at radius 3 is 2.48 bits per heavy atom. The number of pyridine rings is 1. The molecule has 0 bridgehead atoms. The van der Waals surface area contributed by atoms with Gasteiger partial charge in [-0.15, -0.1) is 0 Å². The van der Waals surface area contributed by atoms with E-state index in [0.29, 0.717) is 17.0 Å². The van der Waals surface area contributed by atoms with Gasteiger partial charge in [-0.25, -0.2) is 14.0 Å². The zero-order chi connectivity index (χ0) is 22.0. The molecule has 0 unspecified atom stereocenters. The van der Waals surface area contributed by atoms with Crippen LogP contribution < -0.4 is 5.56 Å². The molecule has 0 aliphatic heterocycles. The molecular weight excluding hydrogens is 396 g/mol. The lowest BCUT2D eigenvalue weighted by Crippen LogP contribution is -2.31. The van der Waals surface area contributed by atoms with Crippen LogP contribution in [0, 0.1) is 0 Å². The lowest BCUT2D eigenvalue weighted by atomic mass is 10.0. The van der Waals surface area contributed by atoms with Gasteiger partial charge >= 0.3 is 5.97 Å². The van der Waals surface area contributed by atoms with Crippen LogP contribution in [0.4, 0.5) is 0 Å². The molecule has 0 amide bonds. The fourth-order valence-electron chi connectivity index (χ4n) is 3.39. The maximum absolute atomic E-state index is 12.8. The zero-order valence-corrected chi connectivity index (χ0v) is 17.1. The van der Waals surface area contributed by atoms with Crippen molar-refractivity contribution >= 4 is 17.3 Å². The van der Waals surface area contributed by atoms with Gasteiger partial charge in [0.25, 0.3) is 5.56 Å². The summed E-state index contributed by atoms with van der Waals surface area (Å²) in [6.07, 6.45) is 1.81. The maximum atomic E-state index is 12.8. The average molecular weight is 416 g/mol. The van der Waals surface area contributed by atoms with Crippen LogP contribution in [-0.2, 0) is 16.1 Å². The quantitative estimate of drug-likeness (QED) is 0.449. The van der Waals surface area contributed by atoms with Gasteiger partial charge in [0.1, 0.15) is 17.8 Å². The molecule has 0 fully saturated rings. The Bertz CT molecular complexity index is 1340. The van der Waals surface area contributed by atoms with Gasteiger partial charge in [0, 0.05) is 11.8 Å². The van der Waals surface area contributed by atoms with Crippen molar-refractivity contribution in [3.8, 4) is 22.5 Å². The summed E-state index contributed by atoms with van der Waals surface area (Å²) in [5, 5.41) is 9.11. The Labute approximate surface area is 177 Å². The summed E-state index contributed by atoms with van der Waals surface area (Å²) in [7, 11) is 0. The van der Waals surface area contributed by atoms with Gasteiger partial charge in [-0.2, -0.15) is 10.2 Å². The summed E-state index contributed by atoms with van der Waals surface area (Å²) in [6.45, 7) is 2.88. The third-order valence-corrected chi connectivity index (χ3v) is 4.69. The summed E-state index contributed by atoms with van der Waals surface area (Å²) >= 11 is 0. The van der Waals surface area contributed by atoms with Crippen LogP contribution in [0.15, 0.2) is 65.6 Å². The minimum atomic E-state index is -0.758. The Hall–Kier alpha value is -4.07. The first-order chi connectivity index (χ1) is 15.0. The Morgan fingerprint density at radius 1 is 1.03 bits per heavy atom. The van der Waals surface area contributed by atoms with Gasteiger partial charge < -0.3 is 4.74 Å². The molecule has 0 N–H and O–H groups in total. The number of rotatable bonds is 6. The molecule has 0 aliphatic rings. The largest absolute Gasteiger partial charge is 0.462 e. The molecule has 0 saturated heterocycles. The van der Waals surface area contributed by atoms with E-state index in [2.05, 4.69) is 10.2 Å². The van der Waals surface area contributed by atoms with Gasteiger partial charge in [-0.3, -0.25) is 9.59 Å². The third kappa shape index (κ3) is 3.87. The van der Waals surface area contributed by atoms with Crippen molar-refractivity contribution < 1.29 is 14.3 Å². The number of hydrogen-bond acceptors (Lipinski definition) is 6. The number of carbonyl (C=O) groups is 2. The molecule has 4 aromatic rings. The van der Waals surface area contributed by atoms with E-state index in [9.17, 15) is 14.4 Å². The van der Waals surface area contributed by atoms with E-state index in [-0.39, 0.29) is 24.5 Å². The van der Waals surface area contributed by atoms with Gasteiger partial charge in [-0.1, -0.05) is 36.4 Å². The fourth-order valence-corrected chi connectivity index (χ4v) is 3.39. The summed E-state index contributed by atoms with van der Waals surface area (Å²) in [6, 6.07) is 16.6. The van der Waals surface area contributed by atoms with Crippen molar-refractivity contribution in [3.63, 3.8) is 0 Å². The summed E-state index contributed by atoms with van der Waals surface area (Å²) < 4.78 is 7.77. The van der Waals surface area contributed by atoms with Crippen molar-refractivity contribution in [3.05, 3.63) is 76.7 Å². The number of esters is 1. The fraction of sp³-hybridized carbons (Fsp3) is 0.174. The van der Waals surface area contributed by atoms with E-state index in [1.54, 1.807) is 11.4 Å². The smallest absolute Gasteiger partial charge is 0.343 e. The standard InChI is InChI=1S/C23H20N4O4/c1-3-31-23(30)17-13-18(24-27(22(17)29)14-15(2)28)20-19-11-7-8-12-26(19)25-21(20)16-9-5-4-6-10-16/h4-13H,3,14H2,1-2H3. The number of benzene rings is 1. The number of fused-ring (bicyclic) bond motifs is 1. The van der Waals surface area contributed by atoms with Crippen LogP contribution in [0.3, 0.4) is 0 Å². The van der Waals surface area contributed by atoms with E-state index in [1.165, 1.54) is 13.0 Å². The topological polar surface area (TPSA) is 95.6 Å². The predicted octanol–water partition coefficient (Wildman–Crippen LogP) is 2.99. The van der Waals surface area contributed by atoms with E-state index in [0.717, 1.165) is 15.8 Å². The number of ether oxygens (including phenoxy) is 1. The van der Waals surface area contributed by atoms with E-state index in [4.69, 9.17) is 4.74 Å². The van der Waals surface area contributed by atoms with E-state index < -0.39 is 11.5 Å². The molecule has 8 heteroatoms. The maximum Gasteiger partial charge on any atom is 0.343 e. The molecule has 0 atom stereocenters. The monoisotopic (exact) mass is 416 g/mol. The van der Waals surface area contributed by atoms with Gasteiger partial charge in [0.2, 0.25) is 0 Å². The normalized spacial score (nSPS) is 10.9. The molecule has 3 heterocycles. The second-order valence-corrected chi connectivity index (χ2v) is 6.95. The molecule has 4 rings (SSSR count). The highest BCUT2D eigenvalue weighted by Crippen LogP contribution is 2.34. The molecule has 8 nitrogen and oxygen atoms in total. The molecule has 0 aliphatic carbocycles. The Morgan fingerprint density at radius 2 is 1.77 bits per heavy atom. The van der Waals surface area contributed by atoms with Gasteiger partial charge in [-0.05, 0) is 32.0 Å². The van der Waals surface area contributed by atoms with E-state index in [1.807, 2.05) is 54.7 Å². The van der Waals surface area contributed by atoms with Gasteiger partial charge in [0.05, 0.1) is 23.4 Å². The van der Waals surface area contributed by atoms with Crippen LogP contribution in [0.25, 0.3) is 28.0 Å². The molecule has 31 heavy (non-hydrogen) atoms. The molecule has 0 radical (unpaired) electrons. The van der Waals surface area contributed by atoms with Crippen LogP contribution in [0.5, 0.6) is 0 Å². The van der Waals surface area contributed by atoms with Crippen LogP contribution in [-0.4, -0.2) is 37.8 Å². The zero-order valence-electron chi connectivity index (χ0n) is 17.1. The first-order valence-corrected chi connectivity index (χ1v) is 9.81. The highest BCUT2D eigenvalue weighted by atomic mass is 16.5. The van der Waals surface area contributed by atoms with Crippen LogP contribution in [0.2, 0.25) is 0 Å². The first-order valence-electron chi connectivity index (χ1n) is 9.81. The van der Waals surface area contributed by atoms with Crippen LogP contribution in [0.1, 0.15) is 24.2 Å². The third-order valence-electron chi connectivity index (χ3n) is 4.69. The lowest BCUT2D eigenvalue weighted by Gasteiger charge is -2.10. The summed E-state index contributed by atoms with van der Waals surface area (Å²) in [4.78, 5) is 37.0.